The average molecular weight is 333 g/mol. The lowest BCUT2D eigenvalue weighted by Crippen LogP contribution is -2.16. The first-order valence-corrected chi connectivity index (χ1v) is 7.66. The van der Waals surface area contributed by atoms with Gasteiger partial charge in [0.2, 0.25) is 0 Å². The highest BCUT2D eigenvalue weighted by Crippen LogP contribution is 2.26. The van der Waals surface area contributed by atoms with E-state index in [0.29, 0.717) is 0 Å². The van der Waals surface area contributed by atoms with E-state index in [1.165, 1.54) is 12.1 Å². The van der Waals surface area contributed by atoms with Crippen molar-refractivity contribution in [3.63, 3.8) is 0 Å². The van der Waals surface area contributed by atoms with Gasteiger partial charge in [0.1, 0.15) is 4.90 Å². The number of sulfonamides is 1. The molecular weight excluding hydrogens is 322 g/mol. The highest BCUT2D eigenvalue weighted by atomic mass is 35.5. The smallest absolute Gasteiger partial charge is 0.264 e. The second kappa shape index (κ2) is 5.97. The quantitative estimate of drug-likeness (QED) is 0.904. The van der Waals surface area contributed by atoms with E-state index in [4.69, 9.17) is 17.3 Å². The molecule has 2 aromatic carbocycles. The molecular formula is C13H11ClF2N2O2S. The Morgan fingerprint density at radius 3 is 2.48 bits per heavy atom. The zero-order chi connectivity index (χ0) is 15.6. The first-order valence-electron chi connectivity index (χ1n) is 5.80. The zero-order valence-electron chi connectivity index (χ0n) is 10.6. The summed E-state index contributed by atoms with van der Waals surface area (Å²) in [5.41, 5.74) is 5.56. The van der Waals surface area contributed by atoms with Gasteiger partial charge in [-0.1, -0.05) is 23.7 Å². The Hall–Kier alpha value is -1.70. The first kappa shape index (κ1) is 15.7. The molecule has 112 valence electrons. The molecule has 0 bridgehead atoms. The third-order valence-corrected chi connectivity index (χ3v) is 4.39. The minimum Gasteiger partial charge on any atom is -0.326 e. The standard InChI is InChI=1S/C13H11ClF2N2O2S/c14-9-3-1-2-4-11(9)18-21(19,20)12-6-8(7-17)5-10(15)13(12)16/h1-6,18H,7,17H2. The van der Waals surface area contributed by atoms with Gasteiger partial charge < -0.3 is 5.73 Å². The number of benzene rings is 2. The molecule has 0 atom stereocenters. The summed E-state index contributed by atoms with van der Waals surface area (Å²) >= 11 is 5.83. The molecule has 3 N–H and O–H groups in total. The number of hydrogen-bond donors (Lipinski definition) is 2. The molecule has 8 heteroatoms. The van der Waals surface area contributed by atoms with Crippen LogP contribution >= 0.6 is 11.6 Å². The lowest BCUT2D eigenvalue weighted by molar-refractivity contribution is 0.483. The molecule has 4 nitrogen and oxygen atoms in total. The summed E-state index contributed by atoms with van der Waals surface area (Å²) in [4.78, 5) is -0.817. The van der Waals surface area contributed by atoms with Gasteiger partial charge in [0.15, 0.2) is 11.6 Å². The van der Waals surface area contributed by atoms with Gasteiger partial charge in [-0.25, -0.2) is 17.2 Å². The van der Waals surface area contributed by atoms with E-state index in [0.717, 1.165) is 12.1 Å². The van der Waals surface area contributed by atoms with Gasteiger partial charge >= 0.3 is 0 Å². The summed E-state index contributed by atoms with van der Waals surface area (Å²) in [5, 5.41) is 0.136. The number of nitrogens with one attached hydrogen (secondary N) is 1. The number of halogens is 3. The van der Waals surface area contributed by atoms with Gasteiger partial charge in [-0.2, -0.15) is 0 Å². The molecule has 2 aromatic rings. The zero-order valence-corrected chi connectivity index (χ0v) is 12.2. The van der Waals surface area contributed by atoms with Crippen molar-refractivity contribution in [2.75, 3.05) is 4.72 Å². The molecule has 0 aliphatic carbocycles. The molecule has 2 rings (SSSR count). The predicted octanol–water partition coefficient (Wildman–Crippen LogP) is 2.88. The molecule has 0 unspecified atom stereocenters. The van der Waals surface area contributed by atoms with Crippen LogP contribution in [0.25, 0.3) is 0 Å². The number of hydrogen-bond acceptors (Lipinski definition) is 3. The highest BCUT2D eigenvalue weighted by molar-refractivity contribution is 7.92. The van der Waals surface area contributed by atoms with E-state index in [9.17, 15) is 17.2 Å². The van der Waals surface area contributed by atoms with Crippen molar-refractivity contribution in [2.45, 2.75) is 11.4 Å². The van der Waals surface area contributed by atoms with E-state index < -0.39 is 26.6 Å². The second-order valence-corrected chi connectivity index (χ2v) is 6.24. The van der Waals surface area contributed by atoms with Crippen LogP contribution in [0.1, 0.15) is 5.56 Å². The van der Waals surface area contributed by atoms with Gasteiger partial charge in [-0.3, -0.25) is 4.72 Å². The third kappa shape index (κ3) is 3.31. The van der Waals surface area contributed by atoms with Crippen LogP contribution in [0.15, 0.2) is 41.3 Å². The van der Waals surface area contributed by atoms with Crippen molar-refractivity contribution in [2.24, 2.45) is 5.73 Å². The molecule has 0 radical (unpaired) electrons. The van der Waals surface area contributed by atoms with E-state index in [2.05, 4.69) is 4.72 Å². The SMILES string of the molecule is NCc1cc(F)c(F)c(S(=O)(=O)Nc2ccccc2Cl)c1. The summed E-state index contributed by atoms with van der Waals surface area (Å²) in [6.07, 6.45) is 0. The molecule has 0 fully saturated rings. The van der Waals surface area contributed by atoms with Crippen molar-refractivity contribution >= 4 is 27.3 Å². The van der Waals surface area contributed by atoms with Crippen molar-refractivity contribution in [3.05, 3.63) is 58.6 Å². The molecule has 0 amide bonds. The summed E-state index contributed by atoms with van der Waals surface area (Å²) in [6, 6.07) is 7.86. The summed E-state index contributed by atoms with van der Waals surface area (Å²) in [5.74, 6) is -2.75. The fourth-order valence-corrected chi connectivity index (χ4v) is 3.13. The topological polar surface area (TPSA) is 72.2 Å². The van der Waals surface area contributed by atoms with Crippen molar-refractivity contribution in [3.8, 4) is 0 Å². The average Bonchev–Trinajstić information content (AvgIpc) is 2.43. The lowest BCUT2D eigenvalue weighted by Gasteiger charge is -2.11. The maximum Gasteiger partial charge on any atom is 0.264 e. The monoisotopic (exact) mass is 332 g/mol. The Bertz CT molecular complexity index is 782. The highest BCUT2D eigenvalue weighted by Gasteiger charge is 2.23. The van der Waals surface area contributed by atoms with Gasteiger partial charge in [-0.05, 0) is 29.8 Å². The maximum absolute atomic E-state index is 13.7. The fourth-order valence-electron chi connectivity index (χ4n) is 1.67. The summed E-state index contributed by atoms with van der Waals surface area (Å²) in [6.45, 7) is -0.119. The maximum atomic E-state index is 13.7. The number of anilines is 1. The molecule has 0 heterocycles. The third-order valence-electron chi connectivity index (χ3n) is 2.70. The van der Waals surface area contributed by atoms with Gasteiger partial charge in [0, 0.05) is 6.54 Å². The molecule has 0 saturated heterocycles. The van der Waals surface area contributed by atoms with Crippen LogP contribution in [-0.2, 0) is 16.6 Å². The number of nitrogens with two attached hydrogens (primary N) is 1. The first-order chi connectivity index (χ1) is 9.85. The lowest BCUT2D eigenvalue weighted by atomic mass is 10.2. The van der Waals surface area contributed by atoms with Crippen LogP contribution < -0.4 is 10.5 Å². The van der Waals surface area contributed by atoms with Crippen molar-refractivity contribution < 1.29 is 17.2 Å². The summed E-state index contributed by atoms with van der Waals surface area (Å²) in [7, 11) is -4.33. The Labute approximate surface area is 125 Å². The normalized spacial score (nSPS) is 11.4. The molecule has 0 aliphatic rings. The van der Waals surface area contributed by atoms with E-state index >= 15 is 0 Å². The molecule has 0 aliphatic heterocycles. The van der Waals surface area contributed by atoms with Gasteiger partial charge in [-0.15, -0.1) is 0 Å². The largest absolute Gasteiger partial charge is 0.326 e. The van der Waals surface area contributed by atoms with E-state index in [-0.39, 0.29) is 22.8 Å². The van der Waals surface area contributed by atoms with Crippen LogP contribution in [0.5, 0.6) is 0 Å². The predicted molar refractivity (Wildman–Crippen MR) is 76.5 cm³/mol. The molecule has 21 heavy (non-hydrogen) atoms. The Kier molecular flexibility index (Phi) is 4.46. The number of para-hydroxylation sites is 1. The minimum absolute atomic E-state index is 0.0668. The van der Waals surface area contributed by atoms with Gasteiger partial charge in [0.05, 0.1) is 10.7 Å². The van der Waals surface area contributed by atoms with E-state index in [1.54, 1.807) is 12.1 Å². The Morgan fingerprint density at radius 1 is 1.19 bits per heavy atom. The van der Waals surface area contributed by atoms with Crippen LogP contribution in [0, 0.1) is 11.6 Å². The molecule has 0 saturated carbocycles. The van der Waals surface area contributed by atoms with Crippen LogP contribution in [0.4, 0.5) is 14.5 Å². The Balaban J connectivity index is 2.50. The molecule has 0 spiro atoms. The minimum atomic E-state index is -4.33. The Morgan fingerprint density at radius 2 is 1.86 bits per heavy atom. The van der Waals surface area contributed by atoms with Gasteiger partial charge in [0.25, 0.3) is 10.0 Å². The van der Waals surface area contributed by atoms with Crippen molar-refractivity contribution in [1.29, 1.82) is 0 Å². The molecule has 0 aromatic heterocycles. The van der Waals surface area contributed by atoms with Crippen LogP contribution in [0.3, 0.4) is 0 Å². The number of rotatable bonds is 4. The van der Waals surface area contributed by atoms with E-state index in [1.807, 2.05) is 0 Å². The van der Waals surface area contributed by atoms with Crippen LogP contribution in [0.2, 0.25) is 5.02 Å². The second-order valence-electron chi connectivity index (χ2n) is 4.18. The van der Waals surface area contributed by atoms with Crippen molar-refractivity contribution in [1.82, 2.24) is 0 Å². The fraction of sp³-hybridized carbons (Fsp3) is 0.0769. The summed E-state index contributed by atoms with van der Waals surface area (Å²) < 4.78 is 53.6. The van der Waals surface area contributed by atoms with Crippen LogP contribution in [-0.4, -0.2) is 8.42 Å².